The Kier molecular flexibility index (Phi) is 5.95. The maximum Gasteiger partial charge on any atom is 0.332 e. The summed E-state index contributed by atoms with van der Waals surface area (Å²) in [5.74, 6) is -0.332. The lowest BCUT2D eigenvalue weighted by Gasteiger charge is -2.10. The fraction of sp³-hybridized carbons (Fsp3) is 0.333. The highest BCUT2D eigenvalue weighted by molar-refractivity contribution is 7.99. The number of fused-ring (bicyclic) bond motifs is 1. The Morgan fingerprint density at radius 1 is 1.21 bits per heavy atom. The van der Waals surface area contributed by atoms with Gasteiger partial charge in [0, 0.05) is 18.6 Å². The molecule has 10 heteroatoms. The number of halogens is 1. The first-order valence-electron chi connectivity index (χ1n) is 8.51. The number of aryl methyl sites for hydroxylation is 2. The molecule has 0 radical (unpaired) electrons. The molecule has 0 unspecified atom stereocenters. The van der Waals surface area contributed by atoms with E-state index in [0.717, 1.165) is 17.3 Å². The van der Waals surface area contributed by atoms with Gasteiger partial charge in [-0.3, -0.25) is 18.7 Å². The monoisotopic (exact) mass is 422 g/mol. The molecule has 0 N–H and O–H groups in total. The SMILES string of the molecule is CCn1c(SCC(=O)OC)nc2c1c(=O)n(Cc1ccc(Cl)cc1)c(=O)n2C. The summed E-state index contributed by atoms with van der Waals surface area (Å²) in [5.41, 5.74) is 0.512. The van der Waals surface area contributed by atoms with Gasteiger partial charge in [-0.1, -0.05) is 35.5 Å². The Bertz CT molecular complexity index is 1150. The number of ether oxygens (including phenoxy) is 1. The molecule has 3 aromatic rings. The average Bonchev–Trinajstić information content (AvgIpc) is 3.08. The molecule has 0 fully saturated rings. The maximum atomic E-state index is 13.1. The van der Waals surface area contributed by atoms with Crippen LogP contribution in [0.4, 0.5) is 0 Å². The van der Waals surface area contributed by atoms with Crippen molar-refractivity contribution in [2.45, 2.75) is 25.2 Å². The zero-order valence-corrected chi connectivity index (χ0v) is 17.2. The van der Waals surface area contributed by atoms with Crippen LogP contribution < -0.4 is 11.2 Å². The molecule has 0 aliphatic rings. The van der Waals surface area contributed by atoms with Gasteiger partial charge < -0.3 is 9.30 Å². The van der Waals surface area contributed by atoms with Gasteiger partial charge in [0.1, 0.15) is 0 Å². The number of thioether (sulfide) groups is 1. The number of esters is 1. The minimum absolute atomic E-state index is 0.0622. The molecule has 1 aromatic carbocycles. The highest BCUT2D eigenvalue weighted by Gasteiger charge is 2.20. The van der Waals surface area contributed by atoms with Gasteiger partial charge in [-0.25, -0.2) is 9.78 Å². The lowest BCUT2D eigenvalue weighted by atomic mass is 10.2. The van der Waals surface area contributed by atoms with Crippen LogP contribution >= 0.6 is 23.4 Å². The van der Waals surface area contributed by atoms with Gasteiger partial charge in [0.05, 0.1) is 19.4 Å². The molecule has 0 atom stereocenters. The van der Waals surface area contributed by atoms with Crippen LogP contribution in [0.2, 0.25) is 5.02 Å². The van der Waals surface area contributed by atoms with Gasteiger partial charge in [-0.05, 0) is 24.6 Å². The fourth-order valence-electron chi connectivity index (χ4n) is 2.85. The topological polar surface area (TPSA) is 88.1 Å². The van der Waals surface area contributed by atoms with Crippen molar-refractivity contribution in [1.29, 1.82) is 0 Å². The van der Waals surface area contributed by atoms with Crippen LogP contribution in [0.3, 0.4) is 0 Å². The van der Waals surface area contributed by atoms with Crippen LogP contribution in [0.25, 0.3) is 11.2 Å². The third-order valence-electron chi connectivity index (χ3n) is 4.31. The molecule has 0 saturated heterocycles. The Morgan fingerprint density at radius 2 is 1.89 bits per heavy atom. The summed E-state index contributed by atoms with van der Waals surface area (Å²) in [6.45, 7) is 2.46. The number of carbonyl (C=O) groups is 1. The molecular weight excluding hydrogens is 404 g/mol. The molecule has 0 saturated carbocycles. The molecule has 2 heterocycles. The highest BCUT2D eigenvalue weighted by Crippen LogP contribution is 2.21. The molecular formula is C18H19ClN4O4S. The Labute approximate surface area is 169 Å². The zero-order chi connectivity index (χ0) is 20.4. The smallest absolute Gasteiger partial charge is 0.332 e. The van der Waals surface area contributed by atoms with Crippen LogP contribution in [0.1, 0.15) is 12.5 Å². The lowest BCUT2D eigenvalue weighted by Crippen LogP contribution is -2.39. The Morgan fingerprint density at radius 3 is 2.50 bits per heavy atom. The molecule has 8 nitrogen and oxygen atoms in total. The molecule has 0 bridgehead atoms. The van der Waals surface area contributed by atoms with Gasteiger partial charge in [0.25, 0.3) is 5.56 Å². The second-order valence-electron chi connectivity index (χ2n) is 6.04. The van der Waals surface area contributed by atoms with Crippen molar-refractivity contribution >= 4 is 40.5 Å². The van der Waals surface area contributed by atoms with Gasteiger partial charge in [-0.15, -0.1) is 0 Å². The summed E-state index contributed by atoms with van der Waals surface area (Å²) < 4.78 is 8.89. The van der Waals surface area contributed by atoms with Crippen molar-refractivity contribution in [3.63, 3.8) is 0 Å². The largest absolute Gasteiger partial charge is 0.468 e. The van der Waals surface area contributed by atoms with E-state index in [0.29, 0.717) is 22.2 Å². The van der Waals surface area contributed by atoms with Gasteiger partial charge in [-0.2, -0.15) is 0 Å². The second-order valence-corrected chi connectivity index (χ2v) is 7.41. The minimum Gasteiger partial charge on any atom is -0.468 e. The van der Waals surface area contributed by atoms with Crippen molar-refractivity contribution in [3.05, 3.63) is 55.7 Å². The van der Waals surface area contributed by atoms with Crippen molar-refractivity contribution in [2.75, 3.05) is 12.9 Å². The van der Waals surface area contributed by atoms with Crippen molar-refractivity contribution in [3.8, 4) is 0 Å². The van der Waals surface area contributed by atoms with E-state index in [1.807, 2.05) is 6.92 Å². The number of carbonyl (C=O) groups excluding carboxylic acids is 1. The summed E-state index contributed by atoms with van der Waals surface area (Å²) in [4.78, 5) is 41.8. The first-order chi connectivity index (χ1) is 13.4. The van der Waals surface area contributed by atoms with Crippen LogP contribution in [0.5, 0.6) is 0 Å². The summed E-state index contributed by atoms with van der Waals surface area (Å²) in [6.07, 6.45) is 0. The fourth-order valence-corrected chi connectivity index (χ4v) is 3.87. The predicted molar refractivity (Wildman–Crippen MR) is 108 cm³/mol. The number of nitrogens with zero attached hydrogens (tertiary/aromatic N) is 4. The predicted octanol–water partition coefficient (Wildman–Crippen LogP) is 1.88. The molecule has 0 amide bonds. The molecule has 2 aromatic heterocycles. The second kappa shape index (κ2) is 8.24. The molecule has 0 aliphatic heterocycles. The first-order valence-corrected chi connectivity index (χ1v) is 9.87. The van der Waals surface area contributed by atoms with Gasteiger partial charge in [0.2, 0.25) is 0 Å². The Hall–Kier alpha value is -2.52. The lowest BCUT2D eigenvalue weighted by molar-refractivity contribution is -0.137. The van der Waals surface area contributed by atoms with E-state index in [4.69, 9.17) is 11.6 Å². The normalized spacial score (nSPS) is 11.1. The van der Waals surface area contributed by atoms with Crippen molar-refractivity contribution in [1.82, 2.24) is 18.7 Å². The standard InChI is InChI=1S/C18H19ClN4O4S/c1-4-22-14-15(20-17(22)28-10-13(24)27-3)21(2)18(26)23(16(14)25)9-11-5-7-12(19)8-6-11/h5-8H,4,9-10H2,1-3H3. The van der Waals surface area contributed by atoms with Crippen LogP contribution in [-0.2, 0) is 29.7 Å². The average molecular weight is 423 g/mol. The number of rotatable bonds is 6. The van der Waals surface area contributed by atoms with E-state index in [1.54, 1.807) is 35.9 Å². The van der Waals surface area contributed by atoms with Crippen LogP contribution in [0.15, 0.2) is 39.0 Å². The molecule has 28 heavy (non-hydrogen) atoms. The van der Waals surface area contributed by atoms with Crippen molar-refractivity contribution in [2.24, 2.45) is 7.05 Å². The third kappa shape index (κ3) is 3.72. The van der Waals surface area contributed by atoms with Gasteiger partial charge in [0.15, 0.2) is 16.3 Å². The number of methoxy groups -OCH3 is 1. The number of benzene rings is 1. The molecule has 3 rings (SSSR count). The molecule has 0 spiro atoms. The summed E-state index contributed by atoms with van der Waals surface area (Å²) in [5, 5.41) is 1.06. The highest BCUT2D eigenvalue weighted by atomic mass is 35.5. The Balaban J connectivity index is 2.14. The number of aromatic nitrogens is 4. The van der Waals surface area contributed by atoms with E-state index in [9.17, 15) is 14.4 Å². The van der Waals surface area contributed by atoms with Crippen LogP contribution in [0, 0.1) is 0 Å². The van der Waals surface area contributed by atoms with Crippen LogP contribution in [-0.4, -0.2) is 37.5 Å². The molecule has 148 valence electrons. The summed E-state index contributed by atoms with van der Waals surface area (Å²) in [6, 6.07) is 6.96. The maximum absolute atomic E-state index is 13.1. The number of hydrogen-bond donors (Lipinski definition) is 0. The quantitative estimate of drug-likeness (QED) is 0.445. The minimum atomic E-state index is -0.460. The zero-order valence-electron chi connectivity index (χ0n) is 15.6. The third-order valence-corrected chi connectivity index (χ3v) is 5.52. The van der Waals surface area contributed by atoms with Crippen molar-refractivity contribution < 1.29 is 9.53 Å². The van der Waals surface area contributed by atoms with E-state index < -0.39 is 17.2 Å². The van der Waals surface area contributed by atoms with E-state index in [1.165, 1.54) is 16.2 Å². The first kappa shape index (κ1) is 20.2. The number of imidazole rings is 1. The van der Waals surface area contributed by atoms with Gasteiger partial charge >= 0.3 is 11.7 Å². The number of hydrogen-bond acceptors (Lipinski definition) is 6. The molecule has 0 aliphatic carbocycles. The summed E-state index contributed by atoms with van der Waals surface area (Å²) >= 11 is 7.07. The van der Waals surface area contributed by atoms with E-state index in [2.05, 4.69) is 9.72 Å². The van der Waals surface area contributed by atoms with E-state index in [-0.39, 0.29) is 17.9 Å². The summed E-state index contributed by atoms with van der Waals surface area (Å²) in [7, 11) is 2.88. The van der Waals surface area contributed by atoms with E-state index >= 15 is 0 Å².